The second-order valence-electron chi connectivity index (χ2n) is 7.69. The van der Waals surface area contributed by atoms with E-state index in [4.69, 9.17) is 4.42 Å². The van der Waals surface area contributed by atoms with E-state index in [1.54, 1.807) is 11.3 Å². The van der Waals surface area contributed by atoms with Gasteiger partial charge in [-0.25, -0.2) is 4.98 Å². The van der Waals surface area contributed by atoms with Gasteiger partial charge in [-0.3, -0.25) is 9.69 Å². The van der Waals surface area contributed by atoms with Crippen LogP contribution in [-0.2, 0) is 17.9 Å². The Labute approximate surface area is 158 Å². The van der Waals surface area contributed by atoms with Gasteiger partial charge in [0.15, 0.2) is 0 Å². The van der Waals surface area contributed by atoms with Crippen LogP contribution in [0.3, 0.4) is 0 Å². The standard InChI is InChI=1S/C20H27N3O2S/c1-4-20(19(24)21-10-15-12-26-14(3)22-15)9-16-6-8-18(20)23(16)11-17-7-5-13(2)25-17/h5,7,12,16,18H,4,6,8-11H2,1-3H3,(H,21,24)/t16-,18+,20+/m0/s1. The van der Waals surface area contributed by atoms with Gasteiger partial charge in [0, 0.05) is 17.5 Å². The zero-order chi connectivity index (χ0) is 18.3. The zero-order valence-corrected chi connectivity index (χ0v) is 16.6. The monoisotopic (exact) mass is 373 g/mol. The van der Waals surface area contributed by atoms with Gasteiger partial charge in [0.25, 0.3) is 0 Å². The highest BCUT2D eigenvalue weighted by atomic mass is 32.1. The number of aryl methyl sites for hydroxylation is 2. The Hall–Kier alpha value is -1.66. The molecule has 4 rings (SSSR count). The van der Waals surface area contributed by atoms with Crippen molar-refractivity contribution in [1.82, 2.24) is 15.2 Å². The van der Waals surface area contributed by atoms with Gasteiger partial charge in [0.2, 0.25) is 5.91 Å². The third kappa shape index (κ3) is 2.99. The van der Waals surface area contributed by atoms with Crippen LogP contribution in [0.2, 0.25) is 0 Å². The minimum absolute atomic E-state index is 0.193. The third-order valence-corrected chi connectivity index (χ3v) is 7.02. The molecule has 2 fully saturated rings. The molecule has 0 spiro atoms. The molecule has 0 aromatic carbocycles. The average molecular weight is 374 g/mol. The normalized spacial score (nSPS) is 28.0. The molecule has 2 aromatic rings. The minimum atomic E-state index is -0.282. The summed E-state index contributed by atoms with van der Waals surface area (Å²) in [5.74, 6) is 2.15. The molecule has 4 heterocycles. The summed E-state index contributed by atoms with van der Waals surface area (Å²) in [7, 11) is 0. The van der Waals surface area contributed by atoms with Gasteiger partial charge in [0.05, 0.1) is 29.2 Å². The highest BCUT2D eigenvalue weighted by Crippen LogP contribution is 2.52. The molecule has 140 valence electrons. The Morgan fingerprint density at radius 1 is 1.42 bits per heavy atom. The van der Waals surface area contributed by atoms with Crippen LogP contribution in [0.4, 0.5) is 0 Å². The zero-order valence-electron chi connectivity index (χ0n) is 15.7. The lowest BCUT2D eigenvalue weighted by molar-refractivity contribution is -0.133. The number of hydrogen-bond acceptors (Lipinski definition) is 5. The van der Waals surface area contributed by atoms with E-state index < -0.39 is 0 Å². The molecule has 1 N–H and O–H groups in total. The molecule has 26 heavy (non-hydrogen) atoms. The number of carbonyl (C=O) groups is 1. The Morgan fingerprint density at radius 3 is 2.92 bits per heavy atom. The van der Waals surface area contributed by atoms with Gasteiger partial charge in [-0.05, 0) is 51.7 Å². The summed E-state index contributed by atoms with van der Waals surface area (Å²) in [5, 5.41) is 6.24. The van der Waals surface area contributed by atoms with E-state index in [9.17, 15) is 4.79 Å². The summed E-state index contributed by atoms with van der Waals surface area (Å²) >= 11 is 1.63. The van der Waals surface area contributed by atoms with Gasteiger partial charge in [-0.15, -0.1) is 11.3 Å². The van der Waals surface area contributed by atoms with E-state index >= 15 is 0 Å². The van der Waals surface area contributed by atoms with Crippen molar-refractivity contribution in [3.05, 3.63) is 39.7 Å². The number of nitrogens with zero attached hydrogens (tertiary/aromatic N) is 2. The average Bonchev–Trinajstić information content (AvgIpc) is 3.39. The number of nitrogens with one attached hydrogen (secondary N) is 1. The van der Waals surface area contributed by atoms with Crippen LogP contribution in [-0.4, -0.2) is 27.9 Å². The van der Waals surface area contributed by atoms with Crippen LogP contribution < -0.4 is 5.32 Å². The van der Waals surface area contributed by atoms with Crippen molar-refractivity contribution in [1.29, 1.82) is 0 Å². The van der Waals surface area contributed by atoms with Crippen LogP contribution in [0, 0.1) is 19.3 Å². The summed E-state index contributed by atoms with van der Waals surface area (Å²) in [6.07, 6.45) is 4.12. The summed E-state index contributed by atoms with van der Waals surface area (Å²) in [6, 6.07) is 4.87. The predicted octanol–water partition coefficient (Wildman–Crippen LogP) is 3.80. The molecular formula is C20H27N3O2S. The third-order valence-electron chi connectivity index (χ3n) is 6.19. The molecule has 5 nitrogen and oxygen atoms in total. The molecule has 2 aliphatic heterocycles. The van der Waals surface area contributed by atoms with Crippen molar-refractivity contribution in [3.8, 4) is 0 Å². The molecule has 3 atom stereocenters. The minimum Gasteiger partial charge on any atom is -0.465 e. The lowest BCUT2D eigenvalue weighted by Crippen LogP contribution is -2.48. The lowest BCUT2D eigenvalue weighted by Gasteiger charge is -2.35. The molecule has 1 amide bonds. The molecule has 2 aromatic heterocycles. The maximum atomic E-state index is 13.2. The van der Waals surface area contributed by atoms with Crippen molar-refractivity contribution in [2.75, 3.05) is 0 Å². The van der Waals surface area contributed by atoms with Crippen LogP contribution in [0.25, 0.3) is 0 Å². The second-order valence-corrected chi connectivity index (χ2v) is 8.75. The van der Waals surface area contributed by atoms with Gasteiger partial charge < -0.3 is 9.73 Å². The van der Waals surface area contributed by atoms with E-state index in [2.05, 4.69) is 28.2 Å². The van der Waals surface area contributed by atoms with Crippen molar-refractivity contribution < 1.29 is 9.21 Å². The highest BCUT2D eigenvalue weighted by molar-refractivity contribution is 7.09. The number of carbonyl (C=O) groups excluding carboxylic acids is 1. The van der Waals surface area contributed by atoms with Crippen LogP contribution in [0.1, 0.15) is 54.8 Å². The first kappa shape index (κ1) is 17.7. The number of furan rings is 1. The van der Waals surface area contributed by atoms with Crippen molar-refractivity contribution in [2.24, 2.45) is 5.41 Å². The van der Waals surface area contributed by atoms with Crippen LogP contribution in [0.5, 0.6) is 0 Å². The van der Waals surface area contributed by atoms with Crippen LogP contribution in [0.15, 0.2) is 21.9 Å². The van der Waals surface area contributed by atoms with E-state index in [-0.39, 0.29) is 11.3 Å². The molecule has 0 radical (unpaired) electrons. The number of thiazole rings is 1. The Balaban J connectivity index is 1.47. The maximum Gasteiger partial charge on any atom is 0.228 e. The smallest absolute Gasteiger partial charge is 0.228 e. The van der Waals surface area contributed by atoms with Crippen molar-refractivity contribution in [2.45, 2.75) is 71.6 Å². The Morgan fingerprint density at radius 2 is 2.27 bits per heavy atom. The van der Waals surface area contributed by atoms with E-state index in [0.29, 0.717) is 18.6 Å². The topological polar surface area (TPSA) is 58.4 Å². The summed E-state index contributed by atoms with van der Waals surface area (Å²) in [4.78, 5) is 20.2. The number of fused-ring (bicyclic) bond motifs is 2. The van der Waals surface area contributed by atoms with E-state index in [1.165, 1.54) is 6.42 Å². The van der Waals surface area contributed by atoms with Gasteiger partial charge in [-0.2, -0.15) is 0 Å². The number of aromatic nitrogens is 1. The molecule has 6 heteroatoms. The van der Waals surface area contributed by atoms with Crippen molar-refractivity contribution in [3.63, 3.8) is 0 Å². The predicted molar refractivity (Wildman–Crippen MR) is 102 cm³/mol. The number of amides is 1. The van der Waals surface area contributed by atoms with E-state index in [1.807, 2.05) is 25.3 Å². The molecule has 2 bridgehead atoms. The first-order valence-corrected chi connectivity index (χ1v) is 10.4. The fraction of sp³-hybridized carbons (Fsp3) is 0.600. The summed E-state index contributed by atoms with van der Waals surface area (Å²) in [6.45, 7) is 7.46. The number of hydrogen-bond donors (Lipinski definition) is 1. The Bertz CT molecular complexity index is 799. The number of rotatable bonds is 6. The Kier molecular flexibility index (Phi) is 4.65. The summed E-state index contributed by atoms with van der Waals surface area (Å²) < 4.78 is 5.79. The molecular weight excluding hydrogens is 346 g/mol. The molecule has 0 unspecified atom stereocenters. The quantitative estimate of drug-likeness (QED) is 0.837. The molecule has 2 aliphatic rings. The summed E-state index contributed by atoms with van der Waals surface area (Å²) in [5.41, 5.74) is 0.675. The van der Waals surface area contributed by atoms with Gasteiger partial charge in [-0.1, -0.05) is 6.92 Å². The van der Waals surface area contributed by atoms with Gasteiger partial charge in [0.1, 0.15) is 11.5 Å². The fourth-order valence-electron chi connectivity index (χ4n) is 4.92. The van der Waals surface area contributed by atoms with E-state index in [0.717, 1.165) is 48.0 Å². The van der Waals surface area contributed by atoms with Gasteiger partial charge >= 0.3 is 0 Å². The molecule has 0 saturated carbocycles. The fourth-order valence-corrected chi connectivity index (χ4v) is 5.53. The highest BCUT2D eigenvalue weighted by Gasteiger charge is 2.58. The molecule has 2 saturated heterocycles. The van der Waals surface area contributed by atoms with Crippen molar-refractivity contribution >= 4 is 17.2 Å². The van der Waals surface area contributed by atoms with Crippen LogP contribution >= 0.6 is 11.3 Å². The second kappa shape index (κ2) is 6.82. The first-order chi connectivity index (χ1) is 12.5. The maximum absolute atomic E-state index is 13.2. The first-order valence-electron chi connectivity index (χ1n) is 9.52. The lowest BCUT2D eigenvalue weighted by atomic mass is 9.71. The SMILES string of the molecule is CC[C@@]1(C(=O)NCc2csc(C)n2)C[C@@H]2CC[C@H]1N2Cc1ccc(C)o1. The largest absolute Gasteiger partial charge is 0.465 e. The molecule has 0 aliphatic carbocycles.